The number of hydrogen-bond donors (Lipinski definition) is 1. The Kier molecular flexibility index (Phi) is 4.11. The second kappa shape index (κ2) is 5.41. The lowest BCUT2D eigenvalue weighted by Gasteiger charge is -2.28. The molecule has 0 aliphatic heterocycles. The molecule has 1 aliphatic rings. The molecule has 1 atom stereocenters. The fourth-order valence-corrected chi connectivity index (χ4v) is 3.15. The van der Waals surface area contributed by atoms with Gasteiger partial charge in [0, 0.05) is 11.1 Å². The van der Waals surface area contributed by atoms with E-state index in [1.54, 1.807) is 0 Å². The van der Waals surface area contributed by atoms with Gasteiger partial charge in [0.15, 0.2) is 0 Å². The first-order valence-electron chi connectivity index (χ1n) is 6.62. The van der Waals surface area contributed by atoms with Crippen molar-refractivity contribution in [3.63, 3.8) is 0 Å². The molecule has 1 saturated carbocycles. The molecule has 0 spiro atoms. The van der Waals surface area contributed by atoms with Crippen LogP contribution in [0.4, 0.5) is 0 Å². The van der Waals surface area contributed by atoms with Gasteiger partial charge in [-0.05, 0) is 55.4 Å². The molecule has 0 aromatic heterocycles. The molecule has 0 saturated heterocycles. The molecule has 2 rings (SSSR count). The third kappa shape index (κ3) is 2.83. The van der Waals surface area contributed by atoms with Crippen molar-refractivity contribution in [3.05, 3.63) is 33.8 Å². The highest BCUT2D eigenvalue weighted by Gasteiger charge is 2.23. The predicted octanol–water partition coefficient (Wildman–Crippen LogP) is 4.54. The second-order valence-corrected chi connectivity index (χ2v) is 5.79. The normalized spacial score (nSPS) is 19.3. The van der Waals surface area contributed by atoms with Crippen LogP contribution in [0.15, 0.2) is 12.1 Å². The quantitative estimate of drug-likeness (QED) is 0.821. The molecule has 2 heteroatoms. The highest BCUT2D eigenvalue weighted by molar-refractivity contribution is 6.31. The van der Waals surface area contributed by atoms with Crippen LogP contribution in [0.3, 0.4) is 0 Å². The molecule has 1 nitrogen and oxygen atoms in total. The van der Waals surface area contributed by atoms with Crippen LogP contribution in [0.2, 0.25) is 5.02 Å². The van der Waals surface area contributed by atoms with E-state index < -0.39 is 0 Å². The standard InChI is InChI=1S/C15H22ClN/c1-10-8-13(14(16)9-11(10)2)15(17)12-6-4-3-5-7-12/h8-9,12,15H,3-7,17H2,1-2H3. The lowest BCUT2D eigenvalue weighted by atomic mass is 9.81. The maximum atomic E-state index is 6.41. The fraction of sp³-hybridized carbons (Fsp3) is 0.600. The highest BCUT2D eigenvalue weighted by Crippen LogP contribution is 2.36. The molecule has 1 fully saturated rings. The summed E-state index contributed by atoms with van der Waals surface area (Å²) in [6.45, 7) is 4.22. The first kappa shape index (κ1) is 12.9. The molecule has 1 aliphatic carbocycles. The average molecular weight is 252 g/mol. The van der Waals surface area contributed by atoms with Crippen LogP contribution < -0.4 is 5.73 Å². The number of rotatable bonds is 2. The molecule has 0 radical (unpaired) electrons. The van der Waals surface area contributed by atoms with E-state index in [2.05, 4.69) is 26.0 Å². The van der Waals surface area contributed by atoms with Crippen LogP contribution in [0.1, 0.15) is 54.8 Å². The van der Waals surface area contributed by atoms with Gasteiger partial charge in [0.2, 0.25) is 0 Å². The molecule has 1 aromatic carbocycles. The first-order valence-corrected chi connectivity index (χ1v) is 6.99. The number of nitrogens with two attached hydrogens (primary N) is 1. The van der Waals surface area contributed by atoms with E-state index in [9.17, 15) is 0 Å². The molecule has 0 amide bonds. The molecular weight excluding hydrogens is 230 g/mol. The topological polar surface area (TPSA) is 26.0 Å². The summed E-state index contributed by atoms with van der Waals surface area (Å²) in [7, 11) is 0. The zero-order valence-electron chi connectivity index (χ0n) is 10.8. The Morgan fingerprint density at radius 3 is 2.35 bits per heavy atom. The zero-order valence-corrected chi connectivity index (χ0v) is 11.6. The summed E-state index contributed by atoms with van der Waals surface area (Å²) in [6, 6.07) is 4.34. The summed E-state index contributed by atoms with van der Waals surface area (Å²) < 4.78 is 0. The third-order valence-corrected chi connectivity index (χ3v) is 4.46. The van der Waals surface area contributed by atoms with Crippen molar-refractivity contribution in [2.24, 2.45) is 11.7 Å². The maximum Gasteiger partial charge on any atom is 0.0456 e. The SMILES string of the molecule is Cc1cc(Cl)c(C(N)C2CCCCC2)cc1C. The number of benzene rings is 1. The van der Waals surface area contributed by atoms with Gasteiger partial charge < -0.3 is 5.73 Å². The number of aryl methyl sites for hydroxylation is 2. The predicted molar refractivity (Wildman–Crippen MR) is 74.4 cm³/mol. The summed E-state index contributed by atoms with van der Waals surface area (Å²) in [5.41, 5.74) is 10.1. The van der Waals surface area contributed by atoms with Gasteiger partial charge in [-0.1, -0.05) is 36.9 Å². The summed E-state index contributed by atoms with van der Waals surface area (Å²) in [5, 5.41) is 0.839. The van der Waals surface area contributed by atoms with E-state index >= 15 is 0 Å². The van der Waals surface area contributed by atoms with Crippen molar-refractivity contribution in [3.8, 4) is 0 Å². The van der Waals surface area contributed by atoms with Gasteiger partial charge in [0.05, 0.1) is 0 Å². The fourth-order valence-electron chi connectivity index (χ4n) is 2.81. The van der Waals surface area contributed by atoms with Crippen LogP contribution in [0.25, 0.3) is 0 Å². The smallest absolute Gasteiger partial charge is 0.0456 e. The molecular formula is C15H22ClN. The van der Waals surface area contributed by atoms with Crippen molar-refractivity contribution in [1.29, 1.82) is 0 Å². The van der Waals surface area contributed by atoms with Gasteiger partial charge in [-0.2, -0.15) is 0 Å². The van der Waals surface area contributed by atoms with Crippen molar-refractivity contribution < 1.29 is 0 Å². The van der Waals surface area contributed by atoms with E-state index in [4.69, 9.17) is 17.3 Å². The first-order chi connectivity index (χ1) is 8.09. The van der Waals surface area contributed by atoms with Crippen molar-refractivity contribution >= 4 is 11.6 Å². The second-order valence-electron chi connectivity index (χ2n) is 5.38. The lowest BCUT2D eigenvalue weighted by Crippen LogP contribution is -2.24. The van der Waals surface area contributed by atoms with E-state index in [0.717, 1.165) is 10.6 Å². The third-order valence-electron chi connectivity index (χ3n) is 4.13. The number of hydrogen-bond acceptors (Lipinski definition) is 1. The van der Waals surface area contributed by atoms with Crippen LogP contribution in [-0.2, 0) is 0 Å². The largest absolute Gasteiger partial charge is 0.324 e. The molecule has 1 unspecified atom stereocenters. The van der Waals surface area contributed by atoms with E-state index in [0.29, 0.717) is 5.92 Å². The molecule has 2 N–H and O–H groups in total. The Labute approximate surface area is 109 Å². The molecule has 1 aromatic rings. The Morgan fingerprint density at radius 2 is 1.71 bits per heavy atom. The van der Waals surface area contributed by atoms with Crippen molar-refractivity contribution in [1.82, 2.24) is 0 Å². The molecule has 17 heavy (non-hydrogen) atoms. The molecule has 0 heterocycles. The highest BCUT2D eigenvalue weighted by atomic mass is 35.5. The minimum atomic E-state index is 0.113. The van der Waals surface area contributed by atoms with Crippen LogP contribution in [0, 0.1) is 19.8 Å². The van der Waals surface area contributed by atoms with Gasteiger partial charge in [-0.15, -0.1) is 0 Å². The van der Waals surface area contributed by atoms with Crippen LogP contribution in [0.5, 0.6) is 0 Å². The lowest BCUT2D eigenvalue weighted by molar-refractivity contribution is 0.308. The van der Waals surface area contributed by atoms with Gasteiger partial charge in [0.1, 0.15) is 0 Å². The van der Waals surface area contributed by atoms with Gasteiger partial charge in [-0.3, -0.25) is 0 Å². The number of halogens is 1. The van der Waals surface area contributed by atoms with E-state index in [1.807, 2.05) is 0 Å². The average Bonchev–Trinajstić information content (AvgIpc) is 2.34. The molecule has 94 valence electrons. The minimum absolute atomic E-state index is 0.113. The van der Waals surface area contributed by atoms with Crippen molar-refractivity contribution in [2.75, 3.05) is 0 Å². The zero-order chi connectivity index (χ0) is 12.4. The Morgan fingerprint density at radius 1 is 1.12 bits per heavy atom. The summed E-state index contributed by atoms with van der Waals surface area (Å²) in [6.07, 6.45) is 6.51. The minimum Gasteiger partial charge on any atom is -0.324 e. The van der Waals surface area contributed by atoms with Gasteiger partial charge in [-0.25, -0.2) is 0 Å². The summed E-state index contributed by atoms with van der Waals surface area (Å²) in [5.74, 6) is 0.614. The summed E-state index contributed by atoms with van der Waals surface area (Å²) in [4.78, 5) is 0. The van der Waals surface area contributed by atoms with Crippen LogP contribution >= 0.6 is 11.6 Å². The van der Waals surface area contributed by atoms with Gasteiger partial charge >= 0.3 is 0 Å². The Balaban J connectivity index is 2.23. The maximum absolute atomic E-state index is 6.41. The van der Waals surface area contributed by atoms with E-state index in [-0.39, 0.29) is 6.04 Å². The summed E-state index contributed by atoms with van der Waals surface area (Å²) >= 11 is 6.34. The Hall–Kier alpha value is -0.530. The monoisotopic (exact) mass is 251 g/mol. The molecule has 0 bridgehead atoms. The van der Waals surface area contributed by atoms with E-state index in [1.165, 1.54) is 43.2 Å². The van der Waals surface area contributed by atoms with Crippen molar-refractivity contribution in [2.45, 2.75) is 52.0 Å². The Bertz CT molecular complexity index is 394. The van der Waals surface area contributed by atoms with Crippen LogP contribution in [-0.4, -0.2) is 0 Å². The van der Waals surface area contributed by atoms with Gasteiger partial charge in [0.25, 0.3) is 0 Å².